The first kappa shape index (κ1) is 13.3. The van der Waals surface area contributed by atoms with Crippen molar-refractivity contribution in [3.8, 4) is 0 Å². The number of hydrogen-bond acceptors (Lipinski definition) is 5. The number of anilines is 2. The molecule has 2 aliphatic carbocycles. The Balaban J connectivity index is 1.74. The predicted octanol–water partition coefficient (Wildman–Crippen LogP) is 3.46. The number of nitrogens with two attached hydrogens (primary N) is 1. The number of thiophene rings is 1. The number of fused-ring (bicyclic) bond motifs is 1. The van der Waals surface area contributed by atoms with Crippen LogP contribution in [0.15, 0.2) is 6.07 Å². The highest BCUT2D eigenvalue weighted by Crippen LogP contribution is 2.38. The third kappa shape index (κ3) is 2.84. The molecule has 0 atom stereocenters. The molecule has 21 heavy (non-hydrogen) atoms. The van der Waals surface area contributed by atoms with Crippen LogP contribution in [0, 0.1) is 11.8 Å². The van der Waals surface area contributed by atoms with Crippen molar-refractivity contribution in [3.63, 3.8) is 0 Å². The van der Waals surface area contributed by atoms with Gasteiger partial charge in [0, 0.05) is 18.0 Å². The zero-order valence-corrected chi connectivity index (χ0v) is 13.3. The molecular formula is C16H22N4S. The van der Waals surface area contributed by atoms with Crippen molar-refractivity contribution in [2.45, 2.75) is 39.0 Å². The van der Waals surface area contributed by atoms with Crippen LogP contribution in [0.25, 0.3) is 10.2 Å². The van der Waals surface area contributed by atoms with Crippen LogP contribution in [0.5, 0.6) is 0 Å². The summed E-state index contributed by atoms with van der Waals surface area (Å²) in [6, 6.07) is 2.27. The molecule has 2 fully saturated rings. The molecular weight excluding hydrogens is 280 g/mol. The molecule has 2 aromatic rings. The fourth-order valence-electron chi connectivity index (χ4n) is 2.86. The lowest BCUT2D eigenvalue weighted by Gasteiger charge is -2.24. The molecule has 2 N–H and O–H groups in total. The summed E-state index contributed by atoms with van der Waals surface area (Å²) < 4.78 is 0. The summed E-state index contributed by atoms with van der Waals surface area (Å²) in [6.07, 6.45) is 6.53. The van der Waals surface area contributed by atoms with Gasteiger partial charge in [-0.2, -0.15) is 4.98 Å². The largest absolute Gasteiger partial charge is 0.368 e. The standard InChI is InChI=1S/C16H22N4S/c1-2-12-7-13-14(18-16(17)19-15(13)21-12)20(8-10-3-4-10)9-11-5-6-11/h7,10-11H,2-6,8-9H2,1H3,(H2,17,18,19). The summed E-state index contributed by atoms with van der Waals surface area (Å²) in [5, 5.41) is 1.20. The van der Waals surface area contributed by atoms with Gasteiger partial charge in [-0.05, 0) is 50.0 Å². The van der Waals surface area contributed by atoms with Crippen molar-refractivity contribution >= 4 is 33.3 Å². The van der Waals surface area contributed by atoms with Gasteiger partial charge in [-0.1, -0.05) is 6.92 Å². The predicted molar refractivity (Wildman–Crippen MR) is 88.9 cm³/mol. The van der Waals surface area contributed by atoms with Crippen molar-refractivity contribution in [1.29, 1.82) is 0 Å². The summed E-state index contributed by atoms with van der Waals surface area (Å²) in [5.41, 5.74) is 5.96. The van der Waals surface area contributed by atoms with Gasteiger partial charge in [0.25, 0.3) is 0 Å². The Hall–Kier alpha value is -1.36. The SMILES string of the molecule is CCc1cc2c(N(CC3CC3)CC3CC3)nc(N)nc2s1. The van der Waals surface area contributed by atoms with E-state index in [0.29, 0.717) is 5.95 Å². The highest BCUT2D eigenvalue weighted by Gasteiger charge is 2.31. The third-order valence-electron chi connectivity index (χ3n) is 4.44. The van der Waals surface area contributed by atoms with Gasteiger partial charge in [0.2, 0.25) is 5.95 Å². The van der Waals surface area contributed by atoms with E-state index >= 15 is 0 Å². The number of rotatable bonds is 6. The molecule has 0 spiro atoms. The van der Waals surface area contributed by atoms with E-state index in [1.54, 1.807) is 11.3 Å². The van der Waals surface area contributed by atoms with Crippen LogP contribution in [0.3, 0.4) is 0 Å². The number of nitrogens with zero attached hydrogens (tertiary/aromatic N) is 3. The first-order valence-corrected chi connectivity index (χ1v) is 8.85. The van der Waals surface area contributed by atoms with Crippen molar-refractivity contribution in [2.75, 3.05) is 23.7 Å². The summed E-state index contributed by atoms with van der Waals surface area (Å²) in [5.74, 6) is 3.21. The number of nitrogen functional groups attached to an aromatic ring is 1. The van der Waals surface area contributed by atoms with Gasteiger partial charge in [-0.3, -0.25) is 0 Å². The Morgan fingerprint density at radius 2 is 1.86 bits per heavy atom. The molecule has 0 bridgehead atoms. The molecule has 2 heterocycles. The monoisotopic (exact) mass is 302 g/mol. The maximum Gasteiger partial charge on any atom is 0.223 e. The maximum absolute atomic E-state index is 5.96. The quantitative estimate of drug-likeness (QED) is 0.888. The normalized spacial score (nSPS) is 18.3. The second kappa shape index (κ2) is 5.13. The minimum Gasteiger partial charge on any atom is -0.368 e. The number of aryl methyl sites for hydroxylation is 1. The number of aromatic nitrogens is 2. The van der Waals surface area contributed by atoms with Crippen molar-refractivity contribution in [1.82, 2.24) is 9.97 Å². The molecule has 2 saturated carbocycles. The second-order valence-corrected chi connectivity index (χ2v) is 7.60. The van der Waals surface area contributed by atoms with Crippen molar-refractivity contribution in [2.24, 2.45) is 11.8 Å². The van der Waals surface area contributed by atoms with E-state index < -0.39 is 0 Å². The van der Waals surface area contributed by atoms with E-state index in [-0.39, 0.29) is 0 Å². The van der Waals surface area contributed by atoms with E-state index in [2.05, 4.69) is 27.9 Å². The van der Waals surface area contributed by atoms with E-state index in [0.717, 1.165) is 42.0 Å². The van der Waals surface area contributed by atoms with Gasteiger partial charge in [-0.15, -0.1) is 11.3 Å². The highest BCUT2D eigenvalue weighted by molar-refractivity contribution is 7.18. The zero-order valence-electron chi connectivity index (χ0n) is 12.5. The lowest BCUT2D eigenvalue weighted by molar-refractivity contribution is 0.674. The molecule has 0 saturated heterocycles. The first-order valence-electron chi connectivity index (χ1n) is 8.03. The lowest BCUT2D eigenvalue weighted by atomic mass is 10.2. The number of hydrogen-bond donors (Lipinski definition) is 1. The average molecular weight is 302 g/mol. The Kier molecular flexibility index (Phi) is 3.25. The van der Waals surface area contributed by atoms with E-state index in [1.807, 2.05) is 0 Å². The summed E-state index contributed by atoms with van der Waals surface area (Å²) in [4.78, 5) is 13.9. The van der Waals surface area contributed by atoms with Crippen molar-refractivity contribution < 1.29 is 0 Å². The molecule has 4 nitrogen and oxygen atoms in total. The maximum atomic E-state index is 5.96. The van der Waals surface area contributed by atoms with Gasteiger partial charge in [-0.25, -0.2) is 4.98 Å². The molecule has 112 valence electrons. The third-order valence-corrected chi connectivity index (χ3v) is 5.61. The van der Waals surface area contributed by atoms with Gasteiger partial charge >= 0.3 is 0 Å². The minimum absolute atomic E-state index is 0.415. The van der Waals surface area contributed by atoms with E-state index in [4.69, 9.17) is 5.73 Å². The van der Waals surface area contributed by atoms with Crippen LogP contribution in [0.1, 0.15) is 37.5 Å². The fraction of sp³-hybridized carbons (Fsp3) is 0.625. The van der Waals surface area contributed by atoms with Crippen LogP contribution in [-0.4, -0.2) is 23.1 Å². The molecule has 0 radical (unpaired) electrons. The van der Waals surface area contributed by atoms with Gasteiger partial charge in [0.1, 0.15) is 10.6 Å². The Morgan fingerprint density at radius 3 is 2.43 bits per heavy atom. The molecule has 0 aromatic carbocycles. The second-order valence-electron chi connectivity index (χ2n) is 6.48. The minimum atomic E-state index is 0.415. The molecule has 5 heteroatoms. The summed E-state index contributed by atoms with van der Waals surface area (Å²) in [6.45, 7) is 4.46. The topological polar surface area (TPSA) is 55.0 Å². The van der Waals surface area contributed by atoms with Gasteiger partial charge in [0.05, 0.1) is 5.39 Å². The van der Waals surface area contributed by atoms with Crippen LogP contribution in [0.2, 0.25) is 0 Å². The van der Waals surface area contributed by atoms with Crippen molar-refractivity contribution in [3.05, 3.63) is 10.9 Å². The Labute approximate surface area is 129 Å². The Bertz CT molecular complexity index is 644. The highest BCUT2D eigenvalue weighted by atomic mass is 32.1. The first-order chi connectivity index (χ1) is 10.2. The van der Waals surface area contributed by atoms with Gasteiger partial charge in [0.15, 0.2) is 0 Å². The molecule has 0 amide bonds. The van der Waals surface area contributed by atoms with E-state index in [1.165, 1.54) is 35.9 Å². The average Bonchev–Trinajstić information content (AvgIpc) is 3.38. The lowest BCUT2D eigenvalue weighted by Crippen LogP contribution is -2.29. The molecule has 2 aliphatic rings. The smallest absolute Gasteiger partial charge is 0.223 e. The van der Waals surface area contributed by atoms with E-state index in [9.17, 15) is 0 Å². The molecule has 0 aliphatic heterocycles. The summed E-state index contributed by atoms with van der Waals surface area (Å²) in [7, 11) is 0. The van der Waals surface area contributed by atoms with Gasteiger partial charge < -0.3 is 10.6 Å². The molecule has 4 rings (SSSR count). The Morgan fingerprint density at radius 1 is 1.19 bits per heavy atom. The zero-order chi connectivity index (χ0) is 14.4. The molecule has 0 unspecified atom stereocenters. The van der Waals surface area contributed by atoms with Crippen LogP contribution >= 0.6 is 11.3 Å². The molecule has 2 aromatic heterocycles. The van der Waals surface area contributed by atoms with Crippen LogP contribution < -0.4 is 10.6 Å². The van der Waals surface area contributed by atoms with Crippen LogP contribution in [-0.2, 0) is 6.42 Å². The van der Waals surface area contributed by atoms with Crippen LogP contribution in [0.4, 0.5) is 11.8 Å². The summed E-state index contributed by atoms with van der Waals surface area (Å²) >= 11 is 1.75. The fourth-order valence-corrected chi connectivity index (χ4v) is 3.83.